The molecule has 0 aliphatic heterocycles. The number of alkyl halides is 2. The lowest BCUT2D eigenvalue weighted by Crippen LogP contribution is -2.19. The summed E-state index contributed by atoms with van der Waals surface area (Å²) in [4.78, 5) is 20.8. The Morgan fingerprint density at radius 3 is 2.40 bits per heavy atom. The molecule has 10 heavy (non-hydrogen) atoms. The number of carbonyl (C=O) groups excluding carboxylic acids is 2. The van der Waals surface area contributed by atoms with Crippen LogP contribution in [-0.4, -0.2) is 23.2 Å². The van der Waals surface area contributed by atoms with Gasteiger partial charge in [0.05, 0.1) is 0 Å². The van der Waals surface area contributed by atoms with E-state index in [1.165, 1.54) is 6.92 Å². The molecular formula is C5H6Cl2O3. The van der Waals surface area contributed by atoms with Crippen molar-refractivity contribution in [3.05, 3.63) is 0 Å². The zero-order valence-electron chi connectivity index (χ0n) is 5.27. The van der Waals surface area contributed by atoms with Crippen molar-refractivity contribution < 1.29 is 14.3 Å². The van der Waals surface area contributed by atoms with Crippen LogP contribution in [0.2, 0.25) is 0 Å². The van der Waals surface area contributed by atoms with E-state index in [-0.39, 0.29) is 5.88 Å². The van der Waals surface area contributed by atoms with Crippen LogP contribution in [0.15, 0.2) is 0 Å². The van der Waals surface area contributed by atoms with E-state index >= 15 is 0 Å². The maximum absolute atomic E-state index is 10.5. The Labute approximate surface area is 68.2 Å². The minimum absolute atomic E-state index is 0.338. The summed E-state index contributed by atoms with van der Waals surface area (Å²) in [5.41, 5.74) is 0. The molecule has 5 heteroatoms. The second kappa shape index (κ2) is 4.52. The van der Waals surface area contributed by atoms with Crippen LogP contribution in [-0.2, 0) is 14.3 Å². The van der Waals surface area contributed by atoms with Crippen LogP contribution in [0.5, 0.6) is 0 Å². The van der Waals surface area contributed by atoms with Crippen molar-refractivity contribution in [1.82, 2.24) is 0 Å². The van der Waals surface area contributed by atoms with Crippen molar-refractivity contribution in [3.63, 3.8) is 0 Å². The first kappa shape index (κ1) is 9.72. The van der Waals surface area contributed by atoms with E-state index in [1.54, 1.807) is 0 Å². The maximum Gasteiger partial charge on any atom is 0.331 e. The molecule has 3 nitrogen and oxygen atoms in total. The number of rotatable bonds is 2. The molecule has 0 heterocycles. The number of halogens is 2. The fourth-order valence-electron chi connectivity index (χ4n) is 0.221. The highest BCUT2D eigenvalue weighted by Crippen LogP contribution is 1.97. The Balaban J connectivity index is 3.69. The van der Waals surface area contributed by atoms with Crippen LogP contribution in [0.3, 0.4) is 0 Å². The molecule has 0 aromatic rings. The summed E-state index contributed by atoms with van der Waals surface area (Å²) in [6.07, 6.45) is 0. The van der Waals surface area contributed by atoms with E-state index in [4.69, 9.17) is 23.2 Å². The average molecular weight is 185 g/mol. The summed E-state index contributed by atoms with van der Waals surface area (Å²) >= 11 is 10.3. The summed E-state index contributed by atoms with van der Waals surface area (Å²) in [5.74, 6) is -1.89. The van der Waals surface area contributed by atoms with Crippen LogP contribution in [0.4, 0.5) is 0 Å². The summed E-state index contributed by atoms with van der Waals surface area (Å²) in [5, 5.41) is -0.813. The zero-order chi connectivity index (χ0) is 8.15. The van der Waals surface area contributed by atoms with Gasteiger partial charge < -0.3 is 4.74 Å². The highest BCUT2D eigenvalue weighted by molar-refractivity contribution is 6.31. The molecule has 0 radical (unpaired) electrons. The fraction of sp³-hybridized carbons (Fsp3) is 0.600. The van der Waals surface area contributed by atoms with Crippen molar-refractivity contribution >= 4 is 35.1 Å². The number of ether oxygens (including phenoxy) is 1. The number of esters is 2. The predicted molar refractivity (Wildman–Crippen MR) is 37.1 cm³/mol. The minimum Gasteiger partial charge on any atom is -0.391 e. The van der Waals surface area contributed by atoms with Crippen LogP contribution < -0.4 is 0 Å². The molecule has 0 amide bonds. The van der Waals surface area contributed by atoms with Gasteiger partial charge in [-0.15, -0.1) is 23.2 Å². The van der Waals surface area contributed by atoms with Crippen LogP contribution in [0.25, 0.3) is 0 Å². The maximum atomic E-state index is 10.5. The zero-order valence-corrected chi connectivity index (χ0v) is 6.78. The first-order chi connectivity index (χ1) is 4.57. The molecule has 0 aliphatic rings. The molecule has 0 spiro atoms. The molecule has 1 unspecified atom stereocenters. The van der Waals surface area contributed by atoms with Gasteiger partial charge in [-0.2, -0.15) is 0 Å². The average Bonchev–Trinajstić information content (AvgIpc) is 1.87. The smallest absolute Gasteiger partial charge is 0.331 e. The summed E-state index contributed by atoms with van der Waals surface area (Å²) in [6, 6.07) is 0. The molecule has 0 bridgehead atoms. The minimum atomic E-state index is -0.813. The lowest BCUT2D eigenvalue weighted by Gasteiger charge is -2.00. The van der Waals surface area contributed by atoms with Crippen molar-refractivity contribution in [2.24, 2.45) is 0 Å². The first-order valence-corrected chi connectivity index (χ1v) is 3.49. The number of hydrogen-bond acceptors (Lipinski definition) is 3. The monoisotopic (exact) mass is 184 g/mol. The molecule has 0 saturated carbocycles. The highest BCUT2D eigenvalue weighted by atomic mass is 35.5. The second-order valence-corrected chi connectivity index (χ2v) is 2.46. The molecule has 0 saturated heterocycles. The highest BCUT2D eigenvalue weighted by Gasteiger charge is 2.14. The third-order valence-corrected chi connectivity index (χ3v) is 1.04. The Kier molecular flexibility index (Phi) is 4.40. The summed E-state index contributed by atoms with van der Waals surface area (Å²) in [7, 11) is 0. The van der Waals surface area contributed by atoms with E-state index in [9.17, 15) is 9.59 Å². The van der Waals surface area contributed by atoms with E-state index in [0.717, 1.165) is 0 Å². The van der Waals surface area contributed by atoms with Crippen molar-refractivity contribution in [2.75, 3.05) is 5.88 Å². The normalized spacial score (nSPS) is 12.3. The van der Waals surface area contributed by atoms with Crippen molar-refractivity contribution in [1.29, 1.82) is 0 Å². The van der Waals surface area contributed by atoms with Crippen molar-refractivity contribution in [2.45, 2.75) is 12.3 Å². The van der Waals surface area contributed by atoms with E-state index in [0.29, 0.717) is 0 Å². The first-order valence-electron chi connectivity index (χ1n) is 2.52. The Morgan fingerprint density at radius 2 is 2.10 bits per heavy atom. The SMILES string of the molecule is CC(Cl)C(=O)OC(=O)CCl. The molecule has 0 aromatic carbocycles. The van der Waals surface area contributed by atoms with E-state index in [2.05, 4.69) is 4.74 Å². The number of hydrogen-bond donors (Lipinski definition) is 0. The van der Waals surface area contributed by atoms with Gasteiger partial charge in [0.1, 0.15) is 11.3 Å². The fourth-order valence-corrected chi connectivity index (χ4v) is 0.320. The van der Waals surface area contributed by atoms with Gasteiger partial charge in [0.2, 0.25) is 0 Å². The molecule has 1 atom stereocenters. The molecule has 0 aliphatic carbocycles. The van der Waals surface area contributed by atoms with Crippen LogP contribution in [0.1, 0.15) is 6.92 Å². The lowest BCUT2D eigenvalue weighted by molar-refractivity contribution is -0.157. The third kappa shape index (κ3) is 3.69. The quantitative estimate of drug-likeness (QED) is 0.365. The topological polar surface area (TPSA) is 43.4 Å². The van der Waals surface area contributed by atoms with E-state index < -0.39 is 17.3 Å². The molecule has 0 aromatic heterocycles. The van der Waals surface area contributed by atoms with Gasteiger partial charge in [0, 0.05) is 0 Å². The van der Waals surface area contributed by atoms with E-state index in [1.807, 2.05) is 0 Å². The van der Waals surface area contributed by atoms with Gasteiger partial charge in [-0.25, -0.2) is 4.79 Å². The Morgan fingerprint density at radius 1 is 1.60 bits per heavy atom. The summed E-state index contributed by atoms with van der Waals surface area (Å²) < 4.78 is 4.12. The second-order valence-electron chi connectivity index (χ2n) is 1.54. The Bertz CT molecular complexity index is 144. The summed E-state index contributed by atoms with van der Waals surface area (Å²) in [6.45, 7) is 1.41. The standard InChI is InChI=1S/C5H6Cl2O3/c1-3(7)5(9)10-4(8)2-6/h3H,2H2,1H3. The van der Waals surface area contributed by atoms with Crippen LogP contribution in [0, 0.1) is 0 Å². The predicted octanol–water partition coefficient (Wildman–Crippen LogP) is 0.922. The van der Waals surface area contributed by atoms with Gasteiger partial charge in [0.15, 0.2) is 0 Å². The van der Waals surface area contributed by atoms with Gasteiger partial charge >= 0.3 is 11.9 Å². The molecule has 0 rings (SSSR count). The van der Waals surface area contributed by atoms with Gasteiger partial charge in [-0.3, -0.25) is 4.79 Å². The lowest BCUT2D eigenvalue weighted by atomic mass is 10.5. The molecule has 58 valence electrons. The van der Waals surface area contributed by atoms with Gasteiger partial charge in [0.25, 0.3) is 0 Å². The Hall–Kier alpha value is -0.280. The number of carbonyl (C=O) groups is 2. The van der Waals surface area contributed by atoms with Crippen molar-refractivity contribution in [3.8, 4) is 0 Å². The van der Waals surface area contributed by atoms with Crippen LogP contribution >= 0.6 is 23.2 Å². The van der Waals surface area contributed by atoms with Gasteiger partial charge in [-0.1, -0.05) is 0 Å². The van der Waals surface area contributed by atoms with Gasteiger partial charge in [-0.05, 0) is 6.92 Å². The molecule has 0 N–H and O–H groups in total. The third-order valence-electron chi connectivity index (χ3n) is 0.648. The molecular weight excluding hydrogens is 179 g/mol. The largest absolute Gasteiger partial charge is 0.391 e. The molecule has 0 fully saturated rings.